The molecule has 90 valence electrons. The van der Waals surface area contributed by atoms with Crippen molar-refractivity contribution in [1.29, 1.82) is 0 Å². The maximum Gasteiger partial charge on any atom is 0.137 e. The predicted molar refractivity (Wildman–Crippen MR) is 67.4 cm³/mol. The van der Waals surface area contributed by atoms with Crippen LogP contribution < -0.4 is 10.1 Å². The van der Waals surface area contributed by atoms with Crippen LogP contribution in [0.15, 0.2) is 34.9 Å². The number of nitrogens with one attached hydrogen (secondary N) is 1. The number of hydrogen-bond donors (Lipinski definition) is 1. The van der Waals surface area contributed by atoms with Gasteiger partial charge in [0.25, 0.3) is 0 Å². The van der Waals surface area contributed by atoms with Gasteiger partial charge in [-0.3, -0.25) is 0 Å². The van der Waals surface area contributed by atoms with Crippen LogP contribution in [-0.2, 0) is 0 Å². The van der Waals surface area contributed by atoms with Gasteiger partial charge in [-0.25, -0.2) is 0 Å². The van der Waals surface area contributed by atoms with Crippen molar-refractivity contribution in [2.75, 3.05) is 13.1 Å². The van der Waals surface area contributed by atoms with E-state index in [1.807, 2.05) is 24.3 Å². The zero-order valence-corrected chi connectivity index (χ0v) is 9.82. The van der Waals surface area contributed by atoms with Crippen LogP contribution in [-0.4, -0.2) is 19.2 Å². The summed E-state index contributed by atoms with van der Waals surface area (Å²) in [5.41, 5.74) is 0.897. The first-order valence-corrected chi connectivity index (χ1v) is 6.26. The van der Waals surface area contributed by atoms with Crippen molar-refractivity contribution in [1.82, 2.24) is 5.32 Å². The van der Waals surface area contributed by atoms with E-state index in [0.29, 0.717) is 6.10 Å². The van der Waals surface area contributed by atoms with E-state index in [4.69, 9.17) is 9.15 Å². The van der Waals surface area contributed by atoms with Gasteiger partial charge >= 0.3 is 0 Å². The minimum atomic E-state index is 0.331. The largest absolute Gasteiger partial charge is 0.490 e. The monoisotopic (exact) mass is 231 g/mol. The maximum atomic E-state index is 6.01. The third-order valence-electron chi connectivity index (χ3n) is 3.25. The first-order valence-electron chi connectivity index (χ1n) is 6.26. The molecular weight excluding hydrogens is 214 g/mol. The van der Waals surface area contributed by atoms with Crippen molar-refractivity contribution < 1.29 is 9.15 Å². The summed E-state index contributed by atoms with van der Waals surface area (Å²) in [6.45, 7) is 2.16. The summed E-state index contributed by atoms with van der Waals surface area (Å²) in [4.78, 5) is 0. The molecule has 2 heterocycles. The Kier molecular flexibility index (Phi) is 3.01. The van der Waals surface area contributed by atoms with Crippen LogP contribution in [0.25, 0.3) is 11.0 Å². The van der Waals surface area contributed by atoms with Crippen LogP contribution in [0.5, 0.6) is 5.75 Å². The van der Waals surface area contributed by atoms with Crippen molar-refractivity contribution in [3.8, 4) is 5.75 Å². The molecule has 3 heteroatoms. The van der Waals surface area contributed by atoms with E-state index in [1.54, 1.807) is 6.26 Å². The van der Waals surface area contributed by atoms with Crippen LogP contribution in [0.1, 0.15) is 19.3 Å². The van der Waals surface area contributed by atoms with Gasteiger partial charge in [0.2, 0.25) is 0 Å². The second-order valence-electron chi connectivity index (χ2n) is 4.54. The molecule has 0 saturated carbocycles. The average Bonchev–Trinajstić information content (AvgIpc) is 2.65. The summed E-state index contributed by atoms with van der Waals surface area (Å²) >= 11 is 0. The highest BCUT2D eigenvalue weighted by molar-refractivity contribution is 5.78. The molecule has 3 rings (SSSR count). The molecule has 0 spiro atoms. The zero-order valence-electron chi connectivity index (χ0n) is 9.82. The fraction of sp³-hybridized carbons (Fsp3) is 0.429. The van der Waals surface area contributed by atoms with E-state index < -0.39 is 0 Å². The Morgan fingerprint density at radius 3 is 3.18 bits per heavy atom. The minimum absolute atomic E-state index is 0.331. The van der Waals surface area contributed by atoms with Crippen LogP contribution >= 0.6 is 0 Å². The Labute approximate surface area is 101 Å². The lowest BCUT2D eigenvalue weighted by Crippen LogP contribution is -2.19. The van der Waals surface area contributed by atoms with E-state index in [0.717, 1.165) is 42.6 Å². The number of rotatable bonds is 2. The predicted octanol–water partition coefficient (Wildman–Crippen LogP) is 2.95. The molecule has 1 aromatic heterocycles. The first-order chi connectivity index (χ1) is 8.42. The molecule has 0 amide bonds. The average molecular weight is 231 g/mol. The molecular formula is C14H17NO2. The molecule has 2 aromatic rings. The molecule has 1 saturated heterocycles. The smallest absolute Gasteiger partial charge is 0.137 e. The Morgan fingerprint density at radius 2 is 2.18 bits per heavy atom. The van der Waals surface area contributed by atoms with E-state index in [9.17, 15) is 0 Å². The summed E-state index contributed by atoms with van der Waals surface area (Å²) in [6.07, 6.45) is 5.44. The van der Waals surface area contributed by atoms with Gasteiger partial charge in [0, 0.05) is 11.5 Å². The highest BCUT2D eigenvalue weighted by atomic mass is 16.5. The molecule has 1 aromatic carbocycles. The molecule has 1 N–H and O–H groups in total. The van der Waals surface area contributed by atoms with E-state index in [-0.39, 0.29) is 0 Å². The standard InChI is InChI=1S/C14H17NO2/c1-2-12(5-8-15-7-1)17-13-4-3-11-6-9-16-14(11)10-13/h3-4,6,9-10,12,15H,1-2,5,7-8H2. The van der Waals surface area contributed by atoms with Crippen LogP contribution in [0, 0.1) is 0 Å². The number of ether oxygens (including phenoxy) is 1. The fourth-order valence-corrected chi connectivity index (χ4v) is 2.31. The van der Waals surface area contributed by atoms with E-state index in [2.05, 4.69) is 5.32 Å². The SMILES string of the molecule is c1cc2ccc(OC3CCCNCC3)cc2o1. The van der Waals surface area contributed by atoms with Gasteiger partial charge in [-0.1, -0.05) is 0 Å². The van der Waals surface area contributed by atoms with Crippen molar-refractivity contribution >= 4 is 11.0 Å². The Hall–Kier alpha value is -1.48. The number of hydrogen-bond acceptors (Lipinski definition) is 3. The van der Waals surface area contributed by atoms with Gasteiger partial charge in [0.1, 0.15) is 11.3 Å². The minimum Gasteiger partial charge on any atom is -0.490 e. The van der Waals surface area contributed by atoms with Crippen LogP contribution in [0.3, 0.4) is 0 Å². The van der Waals surface area contributed by atoms with Crippen LogP contribution in [0.2, 0.25) is 0 Å². The molecule has 1 unspecified atom stereocenters. The third kappa shape index (κ3) is 2.44. The van der Waals surface area contributed by atoms with Gasteiger partial charge in [-0.15, -0.1) is 0 Å². The highest BCUT2D eigenvalue weighted by Gasteiger charge is 2.13. The quantitative estimate of drug-likeness (QED) is 0.862. The molecule has 0 bridgehead atoms. The van der Waals surface area contributed by atoms with E-state index in [1.165, 1.54) is 6.42 Å². The second kappa shape index (κ2) is 4.80. The number of benzene rings is 1. The second-order valence-corrected chi connectivity index (χ2v) is 4.54. The van der Waals surface area contributed by atoms with Crippen molar-refractivity contribution in [3.63, 3.8) is 0 Å². The Bertz CT molecular complexity index is 484. The number of furan rings is 1. The molecule has 3 nitrogen and oxygen atoms in total. The highest BCUT2D eigenvalue weighted by Crippen LogP contribution is 2.23. The summed E-state index contributed by atoms with van der Waals surface area (Å²) in [7, 11) is 0. The lowest BCUT2D eigenvalue weighted by molar-refractivity contribution is 0.187. The topological polar surface area (TPSA) is 34.4 Å². The van der Waals surface area contributed by atoms with E-state index >= 15 is 0 Å². The zero-order chi connectivity index (χ0) is 11.5. The summed E-state index contributed by atoms with van der Waals surface area (Å²) in [5.74, 6) is 0.916. The molecule has 1 aliphatic rings. The van der Waals surface area contributed by atoms with Gasteiger partial charge in [-0.05, 0) is 50.6 Å². The van der Waals surface area contributed by atoms with Crippen molar-refractivity contribution in [3.05, 3.63) is 30.5 Å². The molecule has 1 fully saturated rings. The molecule has 1 atom stereocenters. The summed E-state index contributed by atoms with van der Waals surface area (Å²) in [6, 6.07) is 8.02. The van der Waals surface area contributed by atoms with Gasteiger partial charge in [-0.2, -0.15) is 0 Å². The molecule has 1 aliphatic heterocycles. The van der Waals surface area contributed by atoms with Gasteiger partial charge < -0.3 is 14.5 Å². The Morgan fingerprint density at radius 1 is 1.18 bits per heavy atom. The number of fused-ring (bicyclic) bond motifs is 1. The van der Waals surface area contributed by atoms with Crippen LogP contribution in [0.4, 0.5) is 0 Å². The Balaban J connectivity index is 1.74. The van der Waals surface area contributed by atoms with Gasteiger partial charge in [0.15, 0.2) is 0 Å². The lowest BCUT2D eigenvalue weighted by atomic mass is 10.1. The summed E-state index contributed by atoms with van der Waals surface area (Å²) < 4.78 is 11.4. The normalized spacial score (nSPS) is 21.3. The fourth-order valence-electron chi connectivity index (χ4n) is 2.31. The molecule has 17 heavy (non-hydrogen) atoms. The van der Waals surface area contributed by atoms with Crippen molar-refractivity contribution in [2.24, 2.45) is 0 Å². The van der Waals surface area contributed by atoms with Gasteiger partial charge in [0.05, 0.1) is 12.4 Å². The molecule has 0 radical (unpaired) electrons. The summed E-state index contributed by atoms with van der Waals surface area (Å²) in [5, 5.41) is 4.51. The van der Waals surface area contributed by atoms with Crippen molar-refractivity contribution in [2.45, 2.75) is 25.4 Å². The maximum absolute atomic E-state index is 6.01. The lowest BCUT2D eigenvalue weighted by Gasteiger charge is -2.16. The third-order valence-corrected chi connectivity index (χ3v) is 3.25. The first kappa shape index (κ1) is 10.7. The molecule has 0 aliphatic carbocycles.